The van der Waals surface area contributed by atoms with E-state index in [9.17, 15) is 9.18 Å². The van der Waals surface area contributed by atoms with Gasteiger partial charge >= 0.3 is 0 Å². The molecule has 3 rings (SSSR count). The third kappa shape index (κ3) is 3.77. The molecule has 0 aliphatic rings. The van der Waals surface area contributed by atoms with Crippen molar-refractivity contribution < 1.29 is 9.18 Å². The molecule has 0 radical (unpaired) electrons. The van der Waals surface area contributed by atoms with Crippen molar-refractivity contribution in [1.29, 1.82) is 0 Å². The number of aryl methyl sites for hydroxylation is 1. The minimum absolute atomic E-state index is 0.170. The second-order valence-electron chi connectivity index (χ2n) is 6.14. The Balaban J connectivity index is 1.87. The Morgan fingerprint density at radius 2 is 1.80 bits per heavy atom. The van der Waals surface area contributed by atoms with Gasteiger partial charge in [0.1, 0.15) is 15.7 Å². The summed E-state index contributed by atoms with van der Waals surface area (Å²) in [6, 6.07) is 13.9. The molecule has 0 unspecified atom stereocenters. The molecule has 2 aromatic carbocycles. The van der Waals surface area contributed by atoms with E-state index in [-0.39, 0.29) is 11.7 Å². The minimum Gasteiger partial charge on any atom is -0.321 e. The van der Waals surface area contributed by atoms with Crippen molar-refractivity contribution in [2.24, 2.45) is 0 Å². The van der Waals surface area contributed by atoms with E-state index in [0.717, 1.165) is 16.8 Å². The van der Waals surface area contributed by atoms with Gasteiger partial charge in [0, 0.05) is 11.3 Å². The Kier molecular flexibility index (Phi) is 4.95. The summed E-state index contributed by atoms with van der Waals surface area (Å²) in [5.74, 6) is -0.148. The lowest BCUT2D eigenvalue weighted by Gasteiger charge is -2.13. The van der Waals surface area contributed by atoms with E-state index in [1.54, 1.807) is 12.1 Å². The molecule has 3 nitrogen and oxygen atoms in total. The number of anilines is 1. The van der Waals surface area contributed by atoms with Gasteiger partial charge in [0.2, 0.25) is 0 Å². The van der Waals surface area contributed by atoms with Gasteiger partial charge in [-0.2, -0.15) is 0 Å². The Morgan fingerprint density at radius 1 is 1.12 bits per heavy atom. The first-order chi connectivity index (χ1) is 12.0. The number of rotatable bonds is 4. The Hall–Kier alpha value is -2.53. The van der Waals surface area contributed by atoms with Gasteiger partial charge in [-0.1, -0.05) is 32.0 Å². The van der Waals surface area contributed by atoms with E-state index in [1.807, 2.05) is 31.2 Å². The molecular formula is C20H19FN2OS. The lowest BCUT2D eigenvalue weighted by Crippen LogP contribution is -2.13. The predicted molar refractivity (Wildman–Crippen MR) is 101 cm³/mol. The van der Waals surface area contributed by atoms with Crippen LogP contribution < -0.4 is 5.32 Å². The number of nitrogens with zero attached hydrogens (tertiary/aromatic N) is 1. The smallest absolute Gasteiger partial charge is 0.267 e. The molecule has 0 saturated carbocycles. The van der Waals surface area contributed by atoms with Gasteiger partial charge in [-0.05, 0) is 48.7 Å². The average molecular weight is 354 g/mol. The third-order valence-corrected chi connectivity index (χ3v) is 5.13. The zero-order valence-corrected chi connectivity index (χ0v) is 15.2. The Labute approximate surface area is 150 Å². The predicted octanol–water partition coefficient (Wildman–Crippen LogP) is 5.63. The molecule has 0 aliphatic heterocycles. The molecule has 0 aliphatic carbocycles. The topological polar surface area (TPSA) is 42.0 Å². The SMILES string of the molecule is Cc1nc(-c2ccc(F)cc2)sc1C(=O)Nc1ccccc1C(C)C. The highest BCUT2D eigenvalue weighted by Gasteiger charge is 2.18. The molecule has 5 heteroatoms. The van der Waals surface area contributed by atoms with E-state index in [4.69, 9.17) is 0 Å². The summed E-state index contributed by atoms with van der Waals surface area (Å²) in [6.45, 7) is 6.00. The van der Waals surface area contributed by atoms with Gasteiger partial charge in [0.15, 0.2) is 0 Å². The molecular weight excluding hydrogens is 335 g/mol. The number of para-hydroxylation sites is 1. The zero-order chi connectivity index (χ0) is 18.0. The van der Waals surface area contributed by atoms with Crippen LogP contribution in [0.25, 0.3) is 10.6 Å². The number of hydrogen-bond donors (Lipinski definition) is 1. The van der Waals surface area contributed by atoms with Gasteiger partial charge < -0.3 is 5.32 Å². The van der Waals surface area contributed by atoms with Crippen LogP contribution in [0.2, 0.25) is 0 Å². The molecule has 1 heterocycles. The number of hydrogen-bond acceptors (Lipinski definition) is 3. The van der Waals surface area contributed by atoms with Gasteiger partial charge in [-0.15, -0.1) is 11.3 Å². The molecule has 0 spiro atoms. The van der Waals surface area contributed by atoms with Crippen LogP contribution in [-0.4, -0.2) is 10.9 Å². The van der Waals surface area contributed by atoms with Crippen LogP contribution >= 0.6 is 11.3 Å². The lowest BCUT2D eigenvalue weighted by molar-refractivity contribution is 0.102. The van der Waals surface area contributed by atoms with Crippen LogP contribution in [0.5, 0.6) is 0 Å². The van der Waals surface area contributed by atoms with Gasteiger partial charge in [-0.25, -0.2) is 9.37 Å². The van der Waals surface area contributed by atoms with Crippen LogP contribution in [0.15, 0.2) is 48.5 Å². The second-order valence-corrected chi connectivity index (χ2v) is 7.14. The minimum atomic E-state index is -0.291. The number of carbonyl (C=O) groups excluding carboxylic acids is 1. The summed E-state index contributed by atoms with van der Waals surface area (Å²) in [5, 5.41) is 3.70. The number of thiazole rings is 1. The molecule has 1 N–H and O–H groups in total. The van der Waals surface area contributed by atoms with Crippen molar-refractivity contribution >= 4 is 22.9 Å². The zero-order valence-electron chi connectivity index (χ0n) is 14.3. The maximum Gasteiger partial charge on any atom is 0.267 e. The van der Waals surface area contributed by atoms with Crippen LogP contribution in [0.1, 0.15) is 40.7 Å². The average Bonchev–Trinajstić information content (AvgIpc) is 2.97. The summed E-state index contributed by atoms with van der Waals surface area (Å²) in [7, 11) is 0. The van der Waals surface area contributed by atoms with Crippen LogP contribution in [0.3, 0.4) is 0 Å². The summed E-state index contributed by atoms with van der Waals surface area (Å²) in [4.78, 5) is 17.7. The number of amides is 1. The fraction of sp³-hybridized carbons (Fsp3) is 0.200. The highest BCUT2D eigenvalue weighted by Crippen LogP contribution is 2.30. The third-order valence-electron chi connectivity index (χ3n) is 3.92. The van der Waals surface area contributed by atoms with Crippen LogP contribution in [-0.2, 0) is 0 Å². The Bertz CT molecular complexity index is 900. The van der Waals surface area contributed by atoms with Gasteiger partial charge in [-0.3, -0.25) is 4.79 Å². The fourth-order valence-electron chi connectivity index (χ4n) is 2.62. The normalized spacial score (nSPS) is 10.9. The largest absolute Gasteiger partial charge is 0.321 e. The fourth-order valence-corrected chi connectivity index (χ4v) is 3.58. The molecule has 1 amide bonds. The molecule has 3 aromatic rings. The standard InChI is InChI=1S/C20H19FN2OS/c1-12(2)16-6-4-5-7-17(16)23-19(24)18-13(3)22-20(25-18)14-8-10-15(21)11-9-14/h4-12H,1-3H3,(H,23,24). The Morgan fingerprint density at radius 3 is 2.48 bits per heavy atom. The first-order valence-corrected chi connectivity index (χ1v) is 8.91. The number of benzene rings is 2. The van der Waals surface area contributed by atoms with Crippen molar-refractivity contribution in [3.63, 3.8) is 0 Å². The number of halogens is 1. The summed E-state index contributed by atoms with van der Waals surface area (Å²) >= 11 is 1.31. The maximum absolute atomic E-state index is 13.1. The lowest BCUT2D eigenvalue weighted by atomic mass is 10.0. The highest BCUT2D eigenvalue weighted by molar-refractivity contribution is 7.17. The molecule has 25 heavy (non-hydrogen) atoms. The monoisotopic (exact) mass is 354 g/mol. The van der Waals surface area contributed by atoms with E-state index in [1.165, 1.54) is 23.5 Å². The van der Waals surface area contributed by atoms with E-state index >= 15 is 0 Å². The van der Waals surface area contributed by atoms with Crippen molar-refractivity contribution in [1.82, 2.24) is 4.98 Å². The molecule has 0 saturated heterocycles. The van der Waals surface area contributed by atoms with E-state index in [0.29, 0.717) is 21.5 Å². The number of nitrogens with one attached hydrogen (secondary N) is 1. The maximum atomic E-state index is 13.1. The van der Waals surface area contributed by atoms with E-state index in [2.05, 4.69) is 24.1 Å². The van der Waals surface area contributed by atoms with Crippen LogP contribution in [0, 0.1) is 12.7 Å². The first kappa shape index (κ1) is 17.3. The van der Waals surface area contributed by atoms with E-state index < -0.39 is 0 Å². The van der Waals surface area contributed by atoms with Gasteiger partial charge in [0.25, 0.3) is 5.91 Å². The molecule has 0 atom stereocenters. The van der Waals surface area contributed by atoms with Crippen molar-refractivity contribution in [3.8, 4) is 10.6 Å². The van der Waals surface area contributed by atoms with Crippen molar-refractivity contribution in [3.05, 3.63) is 70.5 Å². The summed E-state index contributed by atoms with van der Waals surface area (Å²) < 4.78 is 13.1. The molecule has 128 valence electrons. The number of carbonyl (C=O) groups is 1. The quantitative estimate of drug-likeness (QED) is 0.659. The second kappa shape index (κ2) is 7.15. The van der Waals surface area contributed by atoms with Gasteiger partial charge in [0.05, 0.1) is 5.69 Å². The molecule has 1 aromatic heterocycles. The first-order valence-electron chi connectivity index (χ1n) is 8.09. The molecule has 0 bridgehead atoms. The van der Waals surface area contributed by atoms with Crippen molar-refractivity contribution in [2.75, 3.05) is 5.32 Å². The highest BCUT2D eigenvalue weighted by atomic mass is 32.1. The summed E-state index contributed by atoms with van der Waals surface area (Å²) in [5.41, 5.74) is 3.38. The van der Waals surface area contributed by atoms with Crippen LogP contribution in [0.4, 0.5) is 10.1 Å². The van der Waals surface area contributed by atoms with Crippen molar-refractivity contribution in [2.45, 2.75) is 26.7 Å². The molecule has 0 fully saturated rings. The summed E-state index contributed by atoms with van der Waals surface area (Å²) in [6.07, 6.45) is 0. The number of aromatic nitrogens is 1.